The third-order valence-corrected chi connectivity index (χ3v) is 11.5. The summed E-state index contributed by atoms with van der Waals surface area (Å²) >= 11 is 0. The van der Waals surface area contributed by atoms with Crippen molar-refractivity contribution < 1.29 is 19.0 Å². The third-order valence-electron chi connectivity index (χ3n) is 11.5. The van der Waals surface area contributed by atoms with Gasteiger partial charge in [0.05, 0.1) is 12.2 Å². The Labute approximate surface area is 344 Å². The Morgan fingerprint density at radius 2 is 1.00 bits per heavy atom. The minimum Gasteiger partial charge on any atom is -0.445 e. The molecule has 3 rings (SSSR count). The molecular weight excluding hydrogens is 691 g/mol. The smallest absolute Gasteiger partial charge is 0.410 e. The first-order chi connectivity index (χ1) is 27.7. The van der Waals surface area contributed by atoms with Gasteiger partial charge in [-0.1, -0.05) is 170 Å². The summed E-state index contributed by atoms with van der Waals surface area (Å²) in [6.07, 6.45) is 52.4. The molecular formula is C51H83NO4. The molecule has 1 amide bonds. The molecule has 0 N–H and O–H groups in total. The van der Waals surface area contributed by atoms with Crippen molar-refractivity contribution in [1.82, 2.24) is 4.90 Å². The lowest BCUT2D eigenvalue weighted by atomic mass is 9.98. The number of benzene rings is 1. The lowest BCUT2D eigenvalue weighted by Crippen LogP contribution is -2.35. The van der Waals surface area contributed by atoms with Crippen molar-refractivity contribution in [3.05, 3.63) is 84.5 Å². The van der Waals surface area contributed by atoms with Crippen molar-refractivity contribution in [2.24, 2.45) is 0 Å². The lowest BCUT2D eigenvalue weighted by Gasteiger charge is -2.30. The number of unbranched alkanes of at least 4 members (excludes halogenated alkanes) is 18. The van der Waals surface area contributed by atoms with E-state index < -0.39 is 5.79 Å². The van der Waals surface area contributed by atoms with Crippen LogP contribution in [0.3, 0.4) is 0 Å². The van der Waals surface area contributed by atoms with Crippen LogP contribution in [0.25, 0.3) is 0 Å². The minimum atomic E-state index is -0.462. The van der Waals surface area contributed by atoms with Gasteiger partial charge in [-0.25, -0.2) is 4.79 Å². The van der Waals surface area contributed by atoms with Gasteiger partial charge in [0.1, 0.15) is 6.61 Å². The highest BCUT2D eigenvalue weighted by Gasteiger charge is 2.47. The molecule has 2 atom stereocenters. The van der Waals surface area contributed by atoms with Crippen molar-refractivity contribution in [2.75, 3.05) is 13.1 Å². The Hall–Kier alpha value is -2.63. The fourth-order valence-electron chi connectivity index (χ4n) is 8.02. The summed E-state index contributed by atoms with van der Waals surface area (Å²) in [6, 6.07) is 9.91. The van der Waals surface area contributed by atoms with Gasteiger partial charge >= 0.3 is 6.09 Å². The Morgan fingerprint density at radius 1 is 0.589 bits per heavy atom. The number of carbonyl (C=O) groups is 1. The lowest BCUT2D eigenvalue weighted by molar-refractivity contribution is -0.188. The number of hydrogen-bond acceptors (Lipinski definition) is 4. The predicted molar refractivity (Wildman–Crippen MR) is 238 cm³/mol. The maximum atomic E-state index is 12.9. The molecule has 2 saturated heterocycles. The first-order valence-electron chi connectivity index (χ1n) is 23.6. The third kappa shape index (κ3) is 22.3. The van der Waals surface area contributed by atoms with Crippen molar-refractivity contribution >= 4 is 6.09 Å². The zero-order valence-corrected chi connectivity index (χ0v) is 36.2. The van der Waals surface area contributed by atoms with Gasteiger partial charge in [-0.05, 0) is 95.5 Å². The van der Waals surface area contributed by atoms with E-state index in [4.69, 9.17) is 14.2 Å². The van der Waals surface area contributed by atoms with E-state index in [9.17, 15) is 4.79 Å². The van der Waals surface area contributed by atoms with E-state index in [2.05, 4.69) is 62.5 Å². The Balaban J connectivity index is 1.34. The fourth-order valence-corrected chi connectivity index (χ4v) is 8.02. The molecule has 0 aromatic heterocycles. The largest absolute Gasteiger partial charge is 0.445 e. The molecule has 1 aromatic rings. The molecule has 0 unspecified atom stereocenters. The van der Waals surface area contributed by atoms with Gasteiger partial charge in [0.25, 0.3) is 0 Å². The van der Waals surface area contributed by atoms with E-state index in [1.165, 1.54) is 128 Å². The number of hydrogen-bond donors (Lipinski definition) is 0. The topological polar surface area (TPSA) is 48.0 Å². The van der Waals surface area contributed by atoms with Crippen LogP contribution in [0.2, 0.25) is 0 Å². The quantitative estimate of drug-likeness (QED) is 0.0540. The summed E-state index contributed by atoms with van der Waals surface area (Å²) in [6.45, 7) is 6.15. The molecule has 0 saturated carbocycles. The van der Waals surface area contributed by atoms with E-state index in [1.54, 1.807) is 0 Å². The van der Waals surface area contributed by atoms with Gasteiger partial charge in [0.15, 0.2) is 5.79 Å². The van der Waals surface area contributed by atoms with E-state index in [0.29, 0.717) is 19.7 Å². The Bertz CT molecular complexity index is 1140. The predicted octanol–water partition coefficient (Wildman–Crippen LogP) is 15.3. The Kier molecular flexibility index (Phi) is 27.6. The molecule has 2 aliphatic rings. The summed E-state index contributed by atoms with van der Waals surface area (Å²) in [5, 5.41) is 0. The number of ether oxygens (including phenoxy) is 3. The molecule has 5 heteroatoms. The highest BCUT2D eigenvalue weighted by Crippen LogP contribution is 2.41. The van der Waals surface area contributed by atoms with Crippen molar-refractivity contribution in [2.45, 2.75) is 218 Å². The van der Waals surface area contributed by atoms with Gasteiger partial charge in [0.2, 0.25) is 0 Å². The van der Waals surface area contributed by atoms with Crippen LogP contribution in [0.1, 0.15) is 199 Å². The summed E-state index contributed by atoms with van der Waals surface area (Å²) in [5.74, 6) is -0.462. The van der Waals surface area contributed by atoms with Crippen LogP contribution in [0.15, 0.2) is 78.9 Å². The highest BCUT2D eigenvalue weighted by atomic mass is 16.8. The van der Waals surface area contributed by atoms with Crippen LogP contribution >= 0.6 is 0 Å². The number of fused-ring (bicyclic) bond motifs is 1. The summed E-state index contributed by atoms with van der Waals surface area (Å²) < 4.78 is 19.5. The van der Waals surface area contributed by atoms with Gasteiger partial charge in [-0.2, -0.15) is 0 Å². The maximum Gasteiger partial charge on any atom is 0.410 e. The van der Waals surface area contributed by atoms with E-state index >= 15 is 0 Å². The second-order valence-corrected chi connectivity index (χ2v) is 16.5. The van der Waals surface area contributed by atoms with Gasteiger partial charge in [-0.3, -0.25) is 0 Å². The molecule has 0 spiro atoms. The standard InChI is InChI=1S/C51H83NO4/c1-3-5-7-9-11-13-15-17-19-21-23-25-27-29-31-36-42-51(43-37-32-30-28-26-24-22-20-18-16-14-12-10-8-6-4-2)55-48-40-44-52(45-41-49(48)56-51)50(53)54-46-47-38-34-33-35-39-47/h11-14,17-20,33-35,38-39,48-49H,3-10,15-16,21-32,36-37,40-46H2,1-2H3/b13-11-,14-12-,19-17-,20-18-/t48-,49+. The first kappa shape index (κ1) is 47.7. The Morgan fingerprint density at radius 3 is 1.45 bits per heavy atom. The average molecular weight is 774 g/mol. The number of likely N-dealkylation sites (tertiary alicyclic amines) is 1. The normalized spacial score (nSPS) is 18.5. The molecule has 56 heavy (non-hydrogen) atoms. The molecule has 2 heterocycles. The number of allylic oxidation sites excluding steroid dienone is 8. The van der Waals surface area contributed by atoms with E-state index in [0.717, 1.165) is 56.9 Å². The average Bonchev–Trinajstić information content (AvgIpc) is 3.45. The first-order valence-corrected chi connectivity index (χ1v) is 23.6. The molecule has 316 valence electrons. The van der Waals surface area contributed by atoms with Crippen LogP contribution < -0.4 is 0 Å². The summed E-state index contributed by atoms with van der Waals surface area (Å²) in [5.41, 5.74) is 1.01. The summed E-state index contributed by atoms with van der Waals surface area (Å²) in [7, 11) is 0. The van der Waals surface area contributed by atoms with Crippen LogP contribution in [0, 0.1) is 0 Å². The second-order valence-electron chi connectivity index (χ2n) is 16.5. The van der Waals surface area contributed by atoms with Gasteiger partial charge in [0, 0.05) is 25.9 Å². The molecule has 0 radical (unpaired) electrons. The number of carbonyl (C=O) groups excluding carboxylic acids is 1. The molecule has 2 fully saturated rings. The number of nitrogens with zero attached hydrogens (tertiary/aromatic N) is 1. The summed E-state index contributed by atoms with van der Waals surface area (Å²) in [4.78, 5) is 14.8. The SMILES string of the molecule is CCCCC/C=C\C/C=C\CCCCCCCCC1(CCCCCCCC/C=C\C/C=C\CCCCC)O[C@H]2CCN(C(=O)OCc3ccccc3)CC[C@H]2O1. The van der Waals surface area contributed by atoms with Crippen molar-refractivity contribution in [1.29, 1.82) is 0 Å². The fraction of sp³-hybridized carbons (Fsp3) is 0.706. The zero-order chi connectivity index (χ0) is 39.6. The maximum absolute atomic E-state index is 12.9. The van der Waals surface area contributed by atoms with Crippen molar-refractivity contribution in [3.8, 4) is 0 Å². The number of amides is 1. The molecule has 0 aliphatic carbocycles. The van der Waals surface area contributed by atoms with Gasteiger partial charge < -0.3 is 19.1 Å². The van der Waals surface area contributed by atoms with Crippen molar-refractivity contribution in [3.63, 3.8) is 0 Å². The molecule has 5 nitrogen and oxygen atoms in total. The zero-order valence-electron chi connectivity index (χ0n) is 36.2. The number of rotatable bonds is 32. The second kappa shape index (κ2) is 32.3. The van der Waals surface area contributed by atoms with Gasteiger partial charge in [-0.15, -0.1) is 0 Å². The minimum absolute atomic E-state index is 0.0520. The van der Waals surface area contributed by atoms with Crippen LogP contribution in [-0.4, -0.2) is 42.1 Å². The van der Waals surface area contributed by atoms with E-state index in [-0.39, 0.29) is 18.3 Å². The van der Waals surface area contributed by atoms with Crippen LogP contribution in [-0.2, 0) is 20.8 Å². The van der Waals surface area contributed by atoms with Crippen LogP contribution in [0.5, 0.6) is 0 Å². The molecule has 2 aliphatic heterocycles. The monoisotopic (exact) mass is 774 g/mol. The molecule has 1 aromatic carbocycles. The van der Waals surface area contributed by atoms with Crippen LogP contribution in [0.4, 0.5) is 4.79 Å². The molecule has 0 bridgehead atoms. The van der Waals surface area contributed by atoms with E-state index in [1.807, 2.05) is 35.2 Å². The highest BCUT2D eigenvalue weighted by molar-refractivity contribution is 5.67.